The van der Waals surface area contributed by atoms with Crippen LogP contribution in [-0.4, -0.2) is 48.8 Å². The third kappa shape index (κ3) is 29.4. The molecule has 0 bridgehead atoms. The topological polar surface area (TPSA) is 64.6 Å². The Morgan fingerprint density at radius 1 is 0.971 bits per heavy atom. The first kappa shape index (κ1) is 45.9. The van der Waals surface area contributed by atoms with Crippen molar-refractivity contribution < 1.29 is 9.90 Å². The molecule has 1 aromatic carbocycles. The van der Waals surface area contributed by atoms with Gasteiger partial charge in [0.2, 0.25) is 5.91 Å². The number of aryl methyl sites for hydroxylation is 1. The maximum Gasteiger partial charge on any atom is 0.237 e. The largest absolute Gasteiger partial charge is 0.381 e. The smallest absolute Gasteiger partial charge is 0.237 e. The van der Waals surface area contributed by atoms with Gasteiger partial charge in [-0.2, -0.15) is 0 Å². The Morgan fingerprint density at radius 3 is 1.89 bits per heavy atom. The Balaban J connectivity index is -0.000000152. The van der Waals surface area contributed by atoms with Gasteiger partial charge in [0.1, 0.15) is 0 Å². The zero-order valence-electron chi connectivity index (χ0n) is 24.4. The highest BCUT2D eigenvalue weighted by Crippen LogP contribution is 2.05. The second-order valence-electron chi connectivity index (χ2n) is 5.82. The fraction of sp³-hybridized carbons (Fsp3) is 0.567. The van der Waals surface area contributed by atoms with E-state index in [9.17, 15) is 4.79 Å². The summed E-state index contributed by atoms with van der Waals surface area (Å²) in [5.74, 6) is -0.0142. The first-order valence-corrected chi connectivity index (χ1v) is 12.7. The quantitative estimate of drug-likeness (QED) is 0.156. The molecule has 5 heteroatoms. The summed E-state index contributed by atoms with van der Waals surface area (Å²) in [6.45, 7) is 24.4. The fourth-order valence-corrected chi connectivity index (χ4v) is 2.53. The molecule has 5 nitrogen and oxygen atoms in total. The molecule has 1 aromatic rings. The van der Waals surface area contributed by atoms with Crippen LogP contribution < -0.4 is 10.6 Å². The van der Waals surface area contributed by atoms with Gasteiger partial charge < -0.3 is 15.7 Å². The molecule has 0 saturated heterocycles. The van der Waals surface area contributed by atoms with Crippen molar-refractivity contribution in [1.82, 2.24) is 15.5 Å². The average molecular weight is 492 g/mol. The Hall–Kier alpha value is -2.57. The molecule has 0 unspecified atom stereocenters. The minimum atomic E-state index is -0.259. The van der Waals surface area contributed by atoms with Crippen LogP contribution in [-0.2, 0) is 17.8 Å². The molecule has 0 fully saturated rings. The molecule has 204 valence electrons. The van der Waals surface area contributed by atoms with Gasteiger partial charge in [0.25, 0.3) is 0 Å². The number of nitrogens with one attached hydrogen (secondary N) is 2. The van der Waals surface area contributed by atoms with Crippen molar-refractivity contribution in [2.75, 3.05) is 26.9 Å². The predicted octanol–water partition coefficient (Wildman–Crippen LogP) is 5.88. The standard InChI is InChI=1S/C18H31N3O2.3C2H6.C2H4.2C2H2/c1-4-15-8-6-9-16(12-15)13-19-10-7-11-20-18(23)17(5-2)21(3)14-22;6*1-2/h6,8-9,12,17,19,22H,4-5,7,10-11,13-14H2,1-3H3,(H,20,23);3*1-2H3;1-2H2;2*1-2H/t17-;;;;;;/m1....../s1. The van der Waals surface area contributed by atoms with Crippen molar-refractivity contribution in [3.8, 4) is 25.7 Å². The van der Waals surface area contributed by atoms with Crippen LogP contribution >= 0.6 is 0 Å². The van der Waals surface area contributed by atoms with E-state index in [4.69, 9.17) is 5.11 Å². The molecule has 0 aromatic heterocycles. The van der Waals surface area contributed by atoms with E-state index in [0.29, 0.717) is 13.0 Å². The summed E-state index contributed by atoms with van der Waals surface area (Å²) in [4.78, 5) is 13.7. The van der Waals surface area contributed by atoms with Gasteiger partial charge >= 0.3 is 0 Å². The van der Waals surface area contributed by atoms with E-state index in [0.717, 1.165) is 25.9 Å². The maximum atomic E-state index is 12.0. The fourth-order valence-electron chi connectivity index (χ4n) is 2.53. The van der Waals surface area contributed by atoms with Crippen LogP contribution in [0, 0.1) is 25.7 Å². The van der Waals surface area contributed by atoms with Crippen LogP contribution in [0.1, 0.15) is 79.4 Å². The summed E-state index contributed by atoms with van der Waals surface area (Å²) in [6.07, 6.45) is 18.6. The van der Waals surface area contributed by atoms with Crippen molar-refractivity contribution in [2.45, 2.75) is 87.2 Å². The lowest BCUT2D eigenvalue weighted by Crippen LogP contribution is -2.45. The summed E-state index contributed by atoms with van der Waals surface area (Å²) in [5, 5.41) is 15.4. The molecule has 0 radical (unpaired) electrons. The minimum Gasteiger partial charge on any atom is -0.381 e. The molecular weight excluding hydrogens is 434 g/mol. The number of hydrogen-bond donors (Lipinski definition) is 3. The highest BCUT2D eigenvalue weighted by molar-refractivity contribution is 5.81. The van der Waals surface area contributed by atoms with Crippen molar-refractivity contribution in [3.05, 3.63) is 48.6 Å². The average Bonchev–Trinajstić information content (AvgIpc) is 2.97. The second-order valence-corrected chi connectivity index (χ2v) is 5.82. The van der Waals surface area contributed by atoms with Crippen molar-refractivity contribution in [1.29, 1.82) is 0 Å². The number of aliphatic hydroxyl groups is 1. The number of rotatable bonds is 11. The van der Waals surface area contributed by atoms with Gasteiger partial charge in [-0.15, -0.1) is 38.9 Å². The molecule has 1 rings (SSSR count). The number of carbonyl (C=O) groups excluding carboxylic acids is 1. The Morgan fingerprint density at radius 2 is 1.46 bits per heavy atom. The van der Waals surface area contributed by atoms with Crippen LogP contribution in [0.5, 0.6) is 0 Å². The third-order valence-corrected chi connectivity index (χ3v) is 4.00. The van der Waals surface area contributed by atoms with E-state index >= 15 is 0 Å². The summed E-state index contributed by atoms with van der Waals surface area (Å²) in [7, 11) is 1.75. The molecular formula is C30H57N3O2. The molecule has 3 N–H and O–H groups in total. The number of aliphatic hydroxyl groups excluding tert-OH is 1. The molecule has 1 atom stereocenters. The number of likely N-dealkylation sites (N-methyl/N-ethyl adjacent to an activating group) is 1. The summed E-state index contributed by atoms with van der Waals surface area (Å²) < 4.78 is 0. The van der Waals surface area contributed by atoms with Gasteiger partial charge in [-0.1, -0.05) is 79.7 Å². The van der Waals surface area contributed by atoms with Crippen molar-refractivity contribution >= 4 is 5.91 Å². The van der Waals surface area contributed by atoms with E-state index in [1.807, 2.05) is 48.5 Å². The second kappa shape index (κ2) is 45.0. The molecule has 0 spiro atoms. The predicted molar refractivity (Wildman–Crippen MR) is 159 cm³/mol. The summed E-state index contributed by atoms with van der Waals surface area (Å²) in [6, 6.07) is 8.34. The zero-order chi connectivity index (χ0) is 29.1. The molecule has 1 amide bonds. The number of hydrogen-bond acceptors (Lipinski definition) is 4. The number of carbonyl (C=O) groups is 1. The number of nitrogens with zero attached hydrogens (tertiary/aromatic N) is 1. The number of terminal acetylenes is 2. The van der Waals surface area contributed by atoms with Gasteiger partial charge in [0, 0.05) is 13.1 Å². The van der Waals surface area contributed by atoms with E-state index in [2.05, 4.69) is 80.7 Å². The normalized spacial score (nSPS) is 8.89. The summed E-state index contributed by atoms with van der Waals surface area (Å²) >= 11 is 0. The Labute approximate surface area is 219 Å². The van der Waals surface area contributed by atoms with Crippen LogP contribution in [0.4, 0.5) is 0 Å². The van der Waals surface area contributed by atoms with E-state index in [1.54, 1.807) is 11.9 Å². The van der Waals surface area contributed by atoms with Crippen LogP contribution in [0.25, 0.3) is 0 Å². The van der Waals surface area contributed by atoms with Crippen LogP contribution in [0.3, 0.4) is 0 Å². The monoisotopic (exact) mass is 491 g/mol. The molecule has 0 aliphatic carbocycles. The molecule has 0 heterocycles. The highest BCUT2D eigenvalue weighted by atomic mass is 16.3. The molecule has 35 heavy (non-hydrogen) atoms. The maximum absolute atomic E-state index is 12.0. The zero-order valence-corrected chi connectivity index (χ0v) is 24.4. The van der Waals surface area contributed by atoms with E-state index in [-0.39, 0.29) is 18.7 Å². The number of amides is 1. The van der Waals surface area contributed by atoms with Gasteiger partial charge in [-0.05, 0) is 44.0 Å². The van der Waals surface area contributed by atoms with Gasteiger partial charge in [-0.3, -0.25) is 9.69 Å². The van der Waals surface area contributed by atoms with Crippen LogP contribution in [0.15, 0.2) is 37.4 Å². The molecule has 0 aliphatic rings. The summed E-state index contributed by atoms with van der Waals surface area (Å²) in [5.41, 5.74) is 2.65. The first-order chi connectivity index (χ1) is 17.1. The van der Waals surface area contributed by atoms with Gasteiger partial charge in [0.05, 0.1) is 12.8 Å². The lowest BCUT2D eigenvalue weighted by molar-refractivity contribution is -0.127. The number of benzene rings is 1. The third-order valence-electron chi connectivity index (χ3n) is 4.00. The first-order valence-electron chi connectivity index (χ1n) is 12.7. The Bertz CT molecular complexity index is 551. The highest BCUT2D eigenvalue weighted by Gasteiger charge is 2.19. The van der Waals surface area contributed by atoms with Crippen molar-refractivity contribution in [2.24, 2.45) is 0 Å². The van der Waals surface area contributed by atoms with Gasteiger partial charge in [0.15, 0.2) is 0 Å². The minimum absolute atomic E-state index is 0.0142. The van der Waals surface area contributed by atoms with E-state index in [1.165, 1.54) is 11.1 Å². The van der Waals surface area contributed by atoms with E-state index < -0.39 is 0 Å². The molecule has 0 aliphatic heterocycles. The van der Waals surface area contributed by atoms with Crippen LogP contribution in [0.2, 0.25) is 0 Å². The lowest BCUT2D eigenvalue weighted by Gasteiger charge is -2.23. The van der Waals surface area contributed by atoms with Crippen molar-refractivity contribution in [3.63, 3.8) is 0 Å². The molecule has 0 saturated carbocycles. The Kier molecular flexibility index (Phi) is 59.0. The SMILES string of the molecule is C#C.C#C.C=C.CC.CC.CC.CCc1cccc(CNCCCNC(=O)[C@@H](CC)N(C)CO)c1. The van der Waals surface area contributed by atoms with Gasteiger partial charge in [-0.25, -0.2) is 0 Å². The lowest BCUT2D eigenvalue weighted by atomic mass is 10.1.